The molecule has 0 aromatic carbocycles. The van der Waals surface area contributed by atoms with E-state index < -0.39 is 0 Å². The van der Waals surface area contributed by atoms with Crippen molar-refractivity contribution in [3.63, 3.8) is 0 Å². The van der Waals surface area contributed by atoms with Gasteiger partial charge in [0, 0.05) is 25.8 Å². The fourth-order valence-corrected chi connectivity index (χ4v) is 1.66. The fraction of sp³-hybridized carbons (Fsp3) is 0.692. The van der Waals surface area contributed by atoms with E-state index in [4.69, 9.17) is 0 Å². The van der Waals surface area contributed by atoms with Crippen molar-refractivity contribution in [3.8, 4) is 0 Å². The molecule has 1 atom stereocenters. The van der Waals surface area contributed by atoms with Crippen LogP contribution in [0.3, 0.4) is 0 Å². The van der Waals surface area contributed by atoms with Crippen LogP contribution >= 0.6 is 0 Å². The summed E-state index contributed by atoms with van der Waals surface area (Å²) in [7, 11) is 1.83. The summed E-state index contributed by atoms with van der Waals surface area (Å²) in [6.07, 6.45) is 4.74. The van der Waals surface area contributed by atoms with Gasteiger partial charge >= 0.3 is 0 Å². The third kappa shape index (κ3) is 3.75. The summed E-state index contributed by atoms with van der Waals surface area (Å²) in [4.78, 5) is 13.8. The van der Waals surface area contributed by atoms with Crippen molar-refractivity contribution in [2.75, 3.05) is 12.4 Å². The highest BCUT2D eigenvalue weighted by Gasteiger charge is 2.19. The van der Waals surface area contributed by atoms with E-state index in [9.17, 15) is 4.79 Å². The zero-order valence-electron chi connectivity index (χ0n) is 12.0. The lowest BCUT2D eigenvalue weighted by molar-refractivity contribution is -0.131. The highest BCUT2D eigenvalue weighted by molar-refractivity contribution is 5.84. The van der Waals surface area contributed by atoms with Gasteiger partial charge in [-0.3, -0.25) is 9.48 Å². The molecule has 0 aliphatic rings. The Bertz CT molecular complexity index is 386. The first kappa shape index (κ1) is 14.5. The number of anilines is 1. The number of amides is 1. The summed E-state index contributed by atoms with van der Waals surface area (Å²) in [6.45, 7) is 8.89. The number of rotatable bonds is 6. The molecule has 5 heteroatoms. The van der Waals surface area contributed by atoms with Gasteiger partial charge in [-0.25, -0.2) is 0 Å². The number of aryl methyl sites for hydroxylation is 1. The van der Waals surface area contributed by atoms with Gasteiger partial charge in [0.05, 0.1) is 11.9 Å². The maximum absolute atomic E-state index is 12.1. The molecule has 1 N–H and O–H groups in total. The van der Waals surface area contributed by atoms with Gasteiger partial charge in [-0.15, -0.1) is 0 Å². The monoisotopic (exact) mass is 252 g/mol. The first-order chi connectivity index (χ1) is 8.45. The van der Waals surface area contributed by atoms with Crippen molar-refractivity contribution >= 4 is 11.6 Å². The standard InChI is InChI=1S/C13H24N4O/c1-6-7-17-9-12(8-14-17)15-11(4)13(18)16(5)10(2)3/h8-11,15H,6-7H2,1-5H3. The number of aromatic nitrogens is 2. The summed E-state index contributed by atoms with van der Waals surface area (Å²) in [5.41, 5.74) is 0.890. The molecule has 1 unspecified atom stereocenters. The topological polar surface area (TPSA) is 50.2 Å². The highest BCUT2D eigenvalue weighted by atomic mass is 16.2. The molecule has 0 saturated carbocycles. The molecule has 18 heavy (non-hydrogen) atoms. The van der Waals surface area contributed by atoms with Crippen LogP contribution in [0.5, 0.6) is 0 Å². The molecule has 0 radical (unpaired) electrons. The summed E-state index contributed by atoms with van der Waals surface area (Å²) in [6, 6.07) is -0.0266. The normalized spacial score (nSPS) is 12.6. The zero-order valence-corrected chi connectivity index (χ0v) is 12.0. The van der Waals surface area contributed by atoms with Crippen LogP contribution in [0, 0.1) is 0 Å². The number of carbonyl (C=O) groups excluding carboxylic acids is 1. The quantitative estimate of drug-likeness (QED) is 0.842. The average Bonchev–Trinajstić information content (AvgIpc) is 2.75. The molecular formula is C13H24N4O. The lowest BCUT2D eigenvalue weighted by Crippen LogP contribution is -2.42. The van der Waals surface area contributed by atoms with E-state index in [0.29, 0.717) is 0 Å². The molecule has 0 fully saturated rings. The van der Waals surface area contributed by atoms with Crippen molar-refractivity contribution < 1.29 is 4.79 Å². The molecule has 0 saturated heterocycles. The van der Waals surface area contributed by atoms with Crippen LogP contribution in [-0.4, -0.2) is 39.7 Å². The van der Waals surface area contributed by atoms with Crippen LogP contribution in [0.15, 0.2) is 12.4 Å². The smallest absolute Gasteiger partial charge is 0.244 e. The predicted octanol–water partition coefficient (Wildman–Crippen LogP) is 1.96. The minimum atomic E-state index is -0.239. The van der Waals surface area contributed by atoms with Crippen LogP contribution in [-0.2, 0) is 11.3 Å². The maximum atomic E-state index is 12.1. The Kier molecular flexibility index (Phi) is 5.19. The maximum Gasteiger partial charge on any atom is 0.244 e. The number of hydrogen-bond acceptors (Lipinski definition) is 3. The highest BCUT2D eigenvalue weighted by Crippen LogP contribution is 2.09. The van der Waals surface area contributed by atoms with E-state index in [1.54, 1.807) is 11.1 Å². The van der Waals surface area contributed by atoms with E-state index in [1.807, 2.05) is 38.7 Å². The fourth-order valence-electron chi connectivity index (χ4n) is 1.66. The average molecular weight is 252 g/mol. The second-order valence-corrected chi connectivity index (χ2v) is 4.90. The lowest BCUT2D eigenvalue weighted by atomic mass is 10.2. The molecule has 1 aromatic heterocycles. The van der Waals surface area contributed by atoms with Crippen molar-refractivity contribution in [2.24, 2.45) is 0 Å². The van der Waals surface area contributed by atoms with E-state index in [-0.39, 0.29) is 18.0 Å². The molecular weight excluding hydrogens is 228 g/mol. The van der Waals surface area contributed by atoms with E-state index >= 15 is 0 Å². The Hall–Kier alpha value is -1.52. The van der Waals surface area contributed by atoms with Crippen molar-refractivity contribution in [2.45, 2.75) is 52.7 Å². The third-order valence-corrected chi connectivity index (χ3v) is 2.96. The van der Waals surface area contributed by atoms with Crippen molar-refractivity contribution in [1.29, 1.82) is 0 Å². The first-order valence-corrected chi connectivity index (χ1v) is 6.51. The molecule has 1 aromatic rings. The lowest BCUT2D eigenvalue weighted by Gasteiger charge is -2.25. The van der Waals surface area contributed by atoms with Crippen LogP contribution in [0.2, 0.25) is 0 Å². The van der Waals surface area contributed by atoms with Gasteiger partial charge in [0.25, 0.3) is 0 Å². The summed E-state index contributed by atoms with van der Waals surface area (Å²) < 4.78 is 1.88. The summed E-state index contributed by atoms with van der Waals surface area (Å²) >= 11 is 0. The number of likely N-dealkylation sites (N-methyl/N-ethyl adjacent to an activating group) is 1. The minimum absolute atomic E-state index is 0.0910. The second kappa shape index (κ2) is 6.42. The molecule has 0 bridgehead atoms. The number of hydrogen-bond donors (Lipinski definition) is 1. The van der Waals surface area contributed by atoms with Gasteiger partial charge in [-0.1, -0.05) is 6.92 Å². The Morgan fingerprint density at radius 3 is 2.72 bits per heavy atom. The van der Waals surface area contributed by atoms with Crippen molar-refractivity contribution in [3.05, 3.63) is 12.4 Å². The largest absolute Gasteiger partial charge is 0.371 e. The van der Waals surface area contributed by atoms with E-state index in [2.05, 4.69) is 17.3 Å². The molecule has 0 aliphatic heterocycles. The number of carbonyl (C=O) groups is 1. The summed E-state index contributed by atoms with van der Waals surface area (Å²) in [5.74, 6) is 0.0910. The van der Waals surface area contributed by atoms with Gasteiger partial charge in [0.15, 0.2) is 0 Å². The second-order valence-electron chi connectivity index (χ2n) is 4.90. The Morgan fingerprint density at radius 2 is 2.17 bits per heavy atom. The van der Waals surface area contributed by atoms with Gasteiger partial charge in [0.1, 0.15) is 6.04 Å². The molecule has 0 aliphatic carbocycles. The SMILES string of the molecule is CCCn1cc(NC(C)C(=O)N(C)C(C)C)cn1. The number of nitrogens with one attached hydrogen (secondary N) is 1. The van der Waals surface area contributed by atoms with Gasteiger partial charge < -0.3 is 10.2 Å². The molecule has 1 amide bonds. The Morgan fingerprint density at radius 1 is 1.50 bits per heavy atom. The van der Waals surface area contributed by atoms with E-state index in [0.717, 1.165) is 18.7 Å². The molecule has 1 rings (SSSR count). The van der Waals surface area contributed by atoms with E-state index in [1.165, 1.54) is 0 Å². The van der Waals surface area contributed by atoms with Crippen molar-refractivity contribution in [1.82, 2.24) is 14.7 Å². The molecule has 5 nitrogen and oxygen atoms in total. The molecule has 1 heterocycles. The van der Waals surface area contributed by atoms with Gasteiger partial charge in [-0.05, 0) is 27.2 Å². The molecule has 102 valence electrons. The zero-order chi connectivity index (χ0) is 13.7. The van der Waals surface area contributed by atoms with Gasteiger partial charge in [-0.2, -0.15) is 5.10 Å². The summed E-state index contributed by atoms with van der Waals surface area (Å²) in [5, 5.41) is 7.41. The van der Waals surface area contributed by atoms with Crippen LogP contribution in [0.1, 0.15) is 34.1 Å². The molecule has 0 spiro atoms. The van der Waals surface area contributed by atoms with Crippen LogP contribution < -0.4 is 5.32 Å². The first-order valence-electron chi connectivity index (χ1n) is 6.51. The van der Waals surface area contributed by atoms with Gasteiger partial charge in [0.2, 0.25) is 5.91 Å². The van der Waals surface area contributed by atoms with Crippen LogP contribution in [0.25, 0.3) is 0 Å². The predicted molar refractivity (Wildman–Crippen MR) is 73.5 cm³/mol. The van der Waals surface area contributed by atoms with Crippen LogP contribution in [0.4, 0.5) is 5.69 Å². The third-order valence-electron chi connectivity index (χ3n) is 2.96. The Balaban J connectivity index is 2.57. The Labute approximate surface area is 109 Å². The minimum Gasteiger partial charge on any atom is -0.371 e. The number of nitrogens with zero attached hydrogens (tertiary/aromatic N) is 3.